The normalized spacial score (nSPS) is 10.0. The Balaban J connectivity index is -0.000000160. The van der Waals surface area contributed by atoms with Crippen molar-refractivity contribution in [3.8, 4) is 0 Å². The highest BCUT2D eigenvalue weighted by molar-refractivity contribution is 5.66. The third kappa shape index (κ3) is 52.0. The first-order valence-corrected chi connectivity index (χ1v) is 10.9. The Labute approximate surface area is 179 Å². The van der Waals surface area contributed by atoms with E-state index in [-0.39, 0.29) is 12.6 Å². The van der Waals surface area contributed by atoms with Gasteiger partial charge in [-0.2, -0.15) is 0 Å². The molecular weight excluding hydrogens is 372 g/mol. The number of aliphatic carboxylic acids is 2. The first-order valence-electron chi connectivity index (χ1n) is 10.9. The number of rotatable bonds is 15. The van der Waals surface area contributed by atoms with Crippen LogP contribution in [0.3, 0.4) is 0 Å². The summed E-state index contributed by atoms with van der Waals surface area (Å²) in [7, 11) is 6.36. The Hall–Kier alpha value is -1.18. The number of carboxylic acid groups (broad SMARTS) is 2. The van der Waals surface area contributed by atoms with Gasteiger partial charge < -0.3 is 30.7 Å². The molecule has 0 saturated heterocycles. The summed E-state index contributed by atoms with van der Waals surface area (Å²) in [5, 5.41) is 26.6. The molecule has 7 heteroatoms. The predicted molar refractivity (Wildman–Crippen MR) is 119 cm³/mol. The van der Waals surface area contributed by atoms with Crippen molar-refractivity contribution in [2.45, 2.75) is 97.3 Å². The molecule has 0 rings (SSSR count). The smallest absolute Gasteiger partial charge is 0.303 e. The molecule has 0 atom stereocenters. The van der Waals surface area contributed by atoms with Gasteiger partial charge in [-0.15, -0.1) is 0 Å². The Bertz CT molecular complexity index is 321. The molecule has 29 heavy (non-hydrogen) atoms. The van der Waals surface area contributed by atoms with Crippen LogP contribution in [0.15, 0.2) is 0 Å². The molecule has 0 bridgehead atoms. The minimum absolute atomic E-state index is 0. The maximum absolute atomic E-state index is 10.0. The van der Waals surface area contributed by atoms with Crippen molar-refractivity contribution in [1.29, 1.82) is 0 Å². The lowest BCUT2D eigenvalue weighted by Crippen LogP contribution is -2.35. The second-order valence-electron chi connectivity index (χ2n) is 8.19. The van der Waals surface area contributed by atoms with E-state index >= 15 is 0 Å². The molecule has 0 amide bonds. The fourth-order valence-electron chi connectivity index (χ4n) is 2.30. The van der Waals surface area contributed by atoms with Gasteiger partial charge in [-0.25, -0.2) is 0 Å². The molecule has 0 aromatic heterocycles. The van der Waals surface area contributed by atoms with Crippen molar-refractivity contribution in [2.75, 3.05) is 34.3 Å². The van der Waals surface area contributed by atoms with Gasteiger partial charge in [0.05, 0.1) is 27.7 Å². The quantitative estimate of drug-likeness (QED) is 0.272. The molecule has 0 aromatic carbocycles. The molecule has 0 aliphatic rings. The van der Waals surface area contributed by atoms with Gasteiger partial charge in [0.2, 0.25) is 0 Å². The van der Waals surface area contributed by atoms with Crippen LogP contribution in [0.4, 0.5) is 0 Å². The van der Waals surface area contributed by atoms with Crippen LogP contribution in [-0.2, 0) is 9.59 Å². The van der Waals surface area contributed by atoms with Gasteiger partial charge in [0.15, 0.2) is 0 Å². The van der Waals surface area contributed by atoms with Gasteiger partial charge in [-0.1, -0.05) is 65.2 Å². The summed E-state index contributed by atoms with van der Waals surface area (Å²) < 4.78 is 0.945. The topological polar surface area (TPSA) is 133 Å². The van der Waals surface area contributed by atoms with Gasteiger partial charge in [0, 0.05) is 25.4 Å². The van der Waals surface area contributed by atoms with Gasteiger partial charge in [-0.3, -0.25) is 4.79 Å². The number of carbonyl (C=O) groups is 2. The maximum atomic E-state index is 10.0. The summed E-state index contributed by atoms with van der Waals surface area (Å²) >= 11 is 0. The Morgan fingerprint density at radius 2 is 1.17 bits per heavy atom. The highest BCUT2D eigenvalue weighted by Gasteiger charge is 2.03. The lowest BCUT2D eigenvalue weighted by Gasteiger charge is -2.22. The van der Waals surface area contributed by atoms with E-state index in [4.69, 9.17) is 10.2 Å². The van der Waals surface area contributed by atoms with Crippen LogP contribution in [0.1, 0.15) is 97.3 Å². The first-order chi connectivity index (χ1) is 13.1. The van der Waals surface area contributed by atoms with Crippen molar-refractivity contribution in [3.05, 3.63) is 0 Å². The van der Waals surface area contributed by atoms with E-state index in [9.17, 15) is 14.7 Å². The Morgan fingerprint density at radius 3 is 1.45 bits per heavy atom. The van der Waals surface area contributed by atoms with Crippen molar-refractivity contribution in [3.63, 3.8) is 0 Å². The van der Waals surface area contributed by atoms with E-state index in [1.807, 2.05) is 0 Å². The predicted octanol–water partition coefficient (Wildman–Crippen LogP) is 3.77. The van der Waals surface area contributed by atoms with Crippen molar-refractivity contribution >= 4 is 11.9 Å². The molecule has 0 aliphatic heterocycles. The van der Waals surface area contributed by atoms with E-state index in [0.717, 1.165) is 49.6 Å². The number of nitrogens with zero attached hydrogens (tertiary/aromatic N) is 1. The molecule has 0 radical (unpaired) electrons. The molecule has 0 aliphatic carbocycles. The lowest BCUT2D eigenvalue weighted by atomic mass is 10.1. The number of aliphatic hydroxyl groups excluding tert-OH is 1. The number of unbranched alkanes of at least 4 members (excludes halogenated alkanes) is 8. The molecule has 7 nitrogen and oxygen atoms in total. The average Bonchev–Trinajstić information content (AvgIpc) is 2.59. The fourth-order valence-corrected chi connectivity index (χ4v) is 2.30. The number of hydrogen-bond acceptors (Lipinski definition) is 5. The number of aliphatic hydroxyl groups is 1. The minimum atomic E-state index is -0.920. The zero-order chi connectivity index (χ0) is 22.3. The molecule has 0 fully saturated rings. The molecule has 0 spiro atoms. The van der Waals surface area contributed by atoms with Crippen LogP contribution >= 0.6 is 0 Å². The number of carboxylic acids is 2. The zero-order valence-corrected chi connectivity index (χ0v) is 19.9. The van der Waals surface area contributed by atoms with Crippen LogP contribution in [-0.4, -0.2) is 60.9 Å². The average molecular weight is 423 g/mol. The highest BCUT2D eigenvalue weighted by atomic mass is 16.4. The van der Waals surface area contributed by atoms with Crippen molar-refractivity contribution in [1.82, 2.24) is 6.15 Å². The van der Waals surface area contributed by atoms with Crippen molar-refractivity contribution in [2.24, 2.45) is 0 Å². The maximum Gasteiger partial charge on any atom is 0.303 e. The van der Waals surface area contributed by atoms with Crippen LogP contribution < -0.4 is 11.3 Å². The third-order valence-corrected chi connectivity index (χ3v) is 3.97. The molecule has 178 valence electrons. The lowest BCUT2D eigenvalue weighted by molar-refractivity contribution is -0.870. The minimum Gasteiger partial charge on any atom is -0.550 e. The molecule has 0 unspecified atom stereocenters. The molecule has 0 aromatic rings. The molecule has 5 N–H and O–H groups in total. The Kier molecular flexibility index (Phi) is 32.6. The largest absolute Gasteiger partial charge is 0.550 e. The molecule has 0 heterocycles. The number of carbonyl (C=O) groups excluding carboxylic acids is 1. The number of hydrogen-bond donors (Lipinski definition) is 3. The van der Waals surface area contributed by atoms with E-state index in [0.29, 0.717) is 13.0 Å². The first kappa shape index (κ1) is 35.3. The van der Waals surface area contributed by atoms with Gasteiger partial charge in [-0.05, 0) is 19.3 Å². The van der Waals surface area contributed by atoms with Crippen LogP contribution in [0.25, 0.3) is 0 Å². The molecular formula is C22H50N2O5. The van der Waals surface area contributed by atoms with Crippen LogP contribution in [0, 0.1) is 0 Å². The summed E-state index contributed by atoms with van der Waals surface area (Å²) in [4.78, 5) is 20.0. The van der Waals surface area contributed by atoms with E-state index in [2.05, 4.69) is 35.0 Å². The summed E-state index contributed by atoms with van der Waals surface area (Å²) in [6, 6.07) is 0. The summed E-state index contributed by atoms with van der Waals surface area (Å²) in [6.45, 7) is 5.65. The summed E-state index contributed by atoms with van der Waals surface area (Å²) in [5.74, 6) is -1.59. The molecule has 0 saturated carbocycles. The van der Waals surface area contributed by atoms with E-state index in [1.54, 1.807) is 0 Å². The van der Waals surface area contributed by atoms with E-state index < -0.39 is 11.9 Å². The third-order valence-electron chi connectivity index (χ3n) is 3.97. The Morgan fingerprint density at radius 1 is 0.759 bits per heavy atom. The monoisotopic (exact) mass is 422 g/mol. The van der Waals surface area contributed by atoms with Crippen LogP contribution in [0.5, 0.6) is 0 Å². The second kappa shape index (κ2) is 26.8. The van der Waals surface area contributed by atoms with E-state index in [1.165, 1.54) is 32.1 Å². The van der Waals surface area contributed by atoms with Gasteiger partial charge in [0.1, 0.15) is 0 Å². The van der Waals surface area contributed by atoms with Crippen LogP contribution in [0.2, 0.25) is 0 Å². The van der Waals surface area contributed by atoms with Crippen molar-refractivity contribution < 1.29 is 29.4 Å². The van der Waals surface area contributed by atoms with Gasteiger partial charge >= 0.3 is 5.97 Å². The standard InChI is InChI=1S/2C8H16O2.C6H16NO.H3N/c2*1-2-3-4-5-6-7-8(9)10;1-7(2,3)5-4-6-8;/h2*2-7H2,1H3,(H,9,10);8H,4-6H2,1-3H3;1H3/q;;+1;/p-1. The zero-order valence-electron chi connectivity index (χ0n) is 19.9. The second-order valence-corrected chi connectivity index (χ2v) is 8.19. The fraction of sp³-hybridized carbons (Fsp3) is 0.909. The van der Waals surface area contributed by atoms with Gasteiger partial charge in [0.25, 0.3) is 0 Å². The number of quaternary nitrogens is 1. The summed E-state index contributed by atoms with van der Waals surface area (Å²) in [5.41, 5.74) is 0. The highest BCUT2D eigenvalue weighted by Crippen LogP contribution is 2.04. The summed E-state index contributed by atoms with van der Waals surface area (Å²) in [6.07, 6.45) is 12.4. The SMILES string of the molecule is CCCCCCCC(=O)O.CCCCCCCC(=O)[O-].C[N+](C)(C)CCCO.N.